The molecule has 0 saturated heterocycles. The van der Waals surface area contributed by atoms with E-state index in [1.807, 2.05) is 6.26 Å². The van der Waals surface area contributed by atoms with E-state index in [1.54, 1.807) is 12.1 Å². The summed E-state index contributed by atoms with van der Waals surface area (Å²) in [6.45, 7) is 0. The summed E-state index contributed by atoms with van der Waals surface area (Å²) in [6, 6.07) is 4.86. The maximum Gasteiger partial charge on any atom is 0.197 e. The molecule has 2 rings (SSSR count). The second-order valence-corrected chi connectivity index (χ2v) is 4.12. The summed E-state index contributed by atoms with van der Waals surface area (Å²) >= 11 is 1.37. The van der Waals surface area contributed by atoms with Gasteiger partial charge in [0.05, 0.1) is 14.2 Å². The lowest BCUT2D eigenvalue weighted by Gasteiger charge is -2.08. The van der Waals surface area contributed by atoms with Gasteiger partial charge in [0.2, 0.25) is 0 Å². The Kier molecular flexibility index (Phi) is 3.28. The number of hydrogen-bond donors (Lipinski definition) is 0. The van der Waals surface area contributed by atoms with Crippen LogP contribution in [-0.4, -0.2) is 20.5 Å². The number of methoxy groups -OCH3 is 2. The molecule has 1 heterocycles. The van der Waals surface area contributed by atoms with Crippen LogP contribution in [0.15, 0.2) is 32.5 Å². The predicted octanol–water partition coefficient (Wildman–Crippen LogP) is 2.53. The first kappa shape index (κ1) is 11.9. The number of fused-ring (bicyclic) bond motifs is 1. The molecule has 0 spiro atoms. The van der Waals surface area contributed by atoms with E-state index in [1.165, 1.54) is 32.0 Å². The van der Waals surface area contributed by atoms with Gasteiger partial charge in [-0.15, -0.1) is 0 Å². The second kappa shape index (κ2) is 4.71. The van der Waals surface area contributed by atoms with Crippen LogP contribution in [0.4, 0.5) is 0 Å². The standard InChI is InChI=1S/C12H12O4S/c1-14-8-4-5-9(15-2)12-11(8)7(13)6-10(16-12)17-3/h4-6H,1-3H3. The summed E-state index contributed by atoms with van der Waals surface area (Å²) in [5.74, 6) is 1.01. The second-order valence-electron chi connectivity index (χ2n) is 3.31. The van der Waals surface area contributed by atoms with Crippen molar-refractivity contribution in [3.63, 3.8) is 0 Å². The third kappa shape index (κ3) is 1.98. The molecule has 0 radical (unpaired) electrons. The quantitative estimate of drug-likeness (QED) is 0.786. The highest BCUT2D eigenvalue weighted by Gasteiger charge is 2.14. The fourth-order valence-electron chi connectivity index (χ4n) is 1.62. The number of rotatable bonds is 3. The van der Waals surface area contributed by atoms with Crippen LogP contribution in [0.1, 0.15) is 0 Å². The third-order valence-corrected chi connectivity index (χ3v) is 3.03. The molecular formula is C12H12O4S. The van der Waals surface area contributed by atoms with Crippen LogP contribution in [0.3, 0.4) is 0 Å². The van der Waals surface area contributed by atoms with Crippen molar-refractivity contribution in [3.8, 4) is 11.5 Å². The molecule has 1 aromatic carbocycles. The topological polar surface area (TPSA) is 48.7 Å². The van der Waals surface area contributed by atoms with Crippen molar-refractivity contribution >= 4 is 22.7 Å². The summed E-state index contributed by atoms with van der Waals surface area (Å²) in [5, 5.41) is 0.957. The zero-order valence-corrected chi connectivity index (χ0v) is 10.6. The fourth-order valence-corrected chi connectivity index (χ4v) is 2.01. The Morgan fingerprint density at radius 3 is 2.41 bits per heavy atom. The molecule has 0 aliphatic carbocycles. The minimum Gasteiger partial charge on any atom is -0.496 e. The summed E-state index contributed by atoms with van der Waals surface area (Å²) in [7, 11) is 3.05. The van der Waals surface area contributed by atoms with Crippen LogP contribution in [-0.2, 0) is 0 Å². The molecule has 17 heavy (non-hydrogen) atoms. The van der Waals surface area contributed by atoms with E-state index in [-0.39, 0.29) is 5.43 Å². The molecule has 0 fully saturated rings. The number of ether oxygens (including phenoxy) is 2. The van der Waals surface area contributed by atoms with E-state index in [4.69, 9.17) is 13.9 Å². The maximum absolute atomic E-state index is 12.0. The van der Waals surface area contributed by atoms with Gasteiger partial charge in [-0.2, -0.15) is 0 Å². The van der Waals surface area contributed by atoms with Gasteiger partial charge >= 0.3 is 0 Å². The first-order valence-electron chi connectivity index (χ1n) is 4.94. The first-order valence-corrected chi connectivity index (χ1v) is 6.16. The Hall–Kier alpha value is -1.62. The van der Waals surface area contributed by atoms with Crippen molar-refractivity contribution in [1.82, 2.24) is 0 Å². The minimum absolute atomic E-state index is 0.133. The van der Waals surface area contributed by atoms with Gasteiger partial charge in [0.15, 0.2) is 21.9 Å². The lowest BCUT2D eigenvalue weighted by molar-refractivity contribution is 0.393. The van der Waals surface area contributed by atoms with E-state index >= 15 is 0 Å². The molecule has 0 amide bonds. The minimum atomic E-state index is -0.133. The zero-order chi connectivity index (χ0) is 12.4. The van der Waals surface area contributed by atoms with E-state index in [2.05, 4.69) is 0 Å². The highest BCUT2D eigenvalue weighted by Crippen LogP contribution is 2.32. The van der Waals surface area contributed by atoms with Gasteiger partial charge in [-0.25, -0.2) is 0 Å². The van der Waals surface area contributed by atoms with Crippen molar-refractivity contribution in [2.45, 2.75) is 5.09 Å². The Labute approximate surface area is 103 Å². The fraction of sp³-hybridized carbons (Fsp3) is 0.250. The van der Waals surface area contributed by atoms with Gasteiger partial charge in [-0.1, -0.05) is 11.8 Å². The van der Waals surface area contributed by atoms with Crippen molar-refractivity contribution < 1.29 is 13.9 Å². The number of benzene rings is 1. The molecule has 2 aromatic rings. The summed E-state index contributed by atoms with van der Waals surface area (Å²) in [6.07, 6.45) is 1.84. The molecule has 90 valence electrons. The van der Waals surface area contributed by atoms with Crippen molar-refractivity contribution in [1.29, 1.82) is 0 Å². The molecule has 0 aliphatic heterocycles. The summed E-state index contributed by atoms with van der Waals surface area (Å²) in [5.41, 5.74) is 0.287. The molecule has 4 nitrogen and oxygen atoms in total. The predicted molar refractivity (Wildman–Crippen MR) is 67.4 cm³/mol. The smallest absolute Gasteiger partial charge is 0.197 e. The van der Waals surface area contributed by atoms with Crippen LogP contribution < -0.4 is 14.9 Å². The molecule has 0 N–H and O–H groups in total. The summed E-state index contributed by atoms with van der Waals surface area (Å²) < 4.78 is 16.0. The Morgan fingerprint density at radius 2 is 1.82 bits per heavy atom. The SMILES string of the molecule is COc1ccc(OC)c2c(=O)cc(SC)oc12. The highest BCUT2D eigenvalue weighted by molar-refractivity contribution is 7.98. The normalized spacial score (nSPS) is 10.5. The molecular weight excluding hydrogens is 240 g/mol. The average Bonchev–Trinajstić information content (AvgIpc) is 2.37. The van der Waals surface area contributed by atoms with E-state index in [0.717, 1.165) is 0 Å². The van der Waals surface area contributed by atoms with Gasteiger partial charge in [0.25, 0.3) is 0 Å². The Morgan fingerprint density at radius 1 is 1.18 bits per heavy atom. The van der Waals surface area contributed by atoms with Gasteiger partial charge in [-0.3, -0.25) is 4.79 Å². The van der Waals surface area contributed by atoms with Gasteiger partial charge < -0.3 is 13.9 Å². The lowest BCUT2D eigenvalue weighted by Crippen LogP contribution is -2.03. The average molecular weight is 252 g/mol. The Bertz CT molecular complexity index is 603. The number of thioether (sulfide) groups is 1. The maximum atomic E-state index is 12.0. The highest BCUT2D eigenvalue weighted by atomic mass is 32.2. The third-order valence-electron chi connectivity index (χ3n) is 2.42. The van der Waals surface area contributed by atoms with Gasteiger partial charge in [-0.05, 0) is 18.4 Å². The Balaban J connectivity index is 2.90. The summed E-state index contributed by atoms with van der Waals surface area (Å²) in [4.78, 5) is 12.0. The van der Waals surface area contributed by atoms with Crippen molar-refractivity contribution in [2.75, 3.05) is 20.5 Å². The van der Waals surface area contributed by atoms with E-state index in [0.29, 0.717) is 27.6 Å². The zero-order valence-electron chi connectivity index (χ0n) is 9.77. The molecule has 0 aliphatic rings. The van der Waals surface area contributed by atoms with Crippen molar-refractivity contribution in [2.24, 2.45) is 0 Å². The van der Waals surface area contributed by atoms with E-state index in [9.17, 15) is 4.79 Å². The van der Waals surface area contributed by atoms with Gasteiger partial charge in [0.1, 0.15) is 11.1 Å². The van der Waals surface area contributed by atoms with Crippen LogP contribution >= 0.6 is 11.8 Å². The van der Waals surface area contributed by atoms with Crippen LogP contribution in [0, 0.1) is 0 Å². The molecule has 0 atom stereocenters. The monoisotopic (exact) mass is 252 g/mol. The van der Waals surface area contributed by atoms with Crippen LogP contribution in [0.5, 0.6) is 11.5 Å². The largest absolute Gasteiger partial charge is 0.496 e. The molecule has 5 heteroatoms. The van der Waals surface area contributed by atoms with Crippen molar-refractivity contribution in [3.05, 3.63) is 28.4 Å². The molecule has 0 bridgehead atoms. The van der Waals surface area contributed by atoms with Crippen LogP contribution in [0.2, 0.25) is 0 Å². The molecule has 0 saturated carbocycles. The first-order chi connectivity index (χ1) is 8.21. The van der Waals surface area contributed by atoms with E-state index < -0.39 is 0 Å². The van der Waals surface area contributed by atoms with Gasteiger partial charge in [0, 0.05) is 6.07 Å². The number of hydrogen-bond acceptors (Lipinski definition) is 5. The lowest BCUT2D eigenvalue weighted by atomic mass is 10.2. The van der Waals surface area contributed by atoms with Crippen LogP contribution in [0.25, 0.3) is 11.0 Å². The molecule has 1 aromatic heterocycles. The molecule has 0 unspecified atom stereocenters.